The number of fused-ring (bicyclic) bond motifs is 1. The van der Waals surface area contributed by atoms with Gasteiger partial charge in [-0.1, -0.05) is 49.2 Å². The maximum absolute atomic E-state index is 12.3. The topological polar surface area (TPSA) is 46.4 Å². The smallest absolute Gasteiger partial charge is 0.258 e. The minimum Gasteiger partial charge on any atom is -0.302 e. The highest BCUT2D eigenvalue weighted by Crippen LogP contribution is 2.30. The quantitative estimate of drug-likeness (QED) is 0.657. The summed E-state index contributed by atoms with van der Waals surface area (Å²) in [6.45, 7) is 4.80. The minimum absolute atomic E-state index is 0.139. The lowest BCUT2D eigenvalue weighted by atomic mass is 9.84. The van der Waals surface area contributed by atoms with E-state index in [-0.39, 0.29) is 11.1 Å². The van der Waals surface area contributed by atoms with Gasteiger partial charge < -0.3 is 5.32 Å². The molecular formula is C20H21Cl2N3O. The van der Waals surface area contributed by atoms with Crippen molar-refractivity contribution < 1.29 is 0 Å². The zero-order chi connectivity index (χ0) is 18.7. The largest absolute Gasteiger partial charge is 0.302 e. The number of nitrogens with zero attached hydrogens (tertiary/aromatic N) is 2. The second kappa shape index (κ2) is 7.78. The van der Waals surface area contributed by atoms with Crippen molar-refractivity contribution in [2.75, 3.05) is 0 Å². The first-order valence-electron chi connectivity index (χ1n) is 8.66. The van der Waals surface area contributed by atoms with E-state index in [1.54, 1.807) is 24.4 Å². The van der Waals surface area contributed by atoms with Gasteiger partial charge in [-0.25, -0.2) is 4.98 Å². The molecular weight excluding hydrogens is 369 g/mol. The summed E-state index contributed by atoms with van der Waals surface area (Å²) in [6, 6.07) is 12.9. The van der Waals surface area contributed by atoms with Crippen LogP contribution in [0.3, 0.4) is 0 Å². The zero-order valence-corrected chi connectivity index (χ0v) is 16.3. The van der Waals surface area contributed by atoms with Crippen LogP contribution in [-0.4, -0.2) is 9.38 Å². The fraction of sp³-hybridized carbons (Fsp3) is 0.300. The second-order valence-corrected chi connectivity index (χ2v) is 7.18. The molecule has 0 aliphatic carbocycles. The molecule has 136 valence electrons. The monoisotopic (exact) mass is 389 g/mol. The van der Waals surface area contributed by atoms with Crippen molar-refractivity contribution in [3.8, 4) is 0 Å². The summed E-state index contributed by atoms with van der Waals surface area (Å²) in [5, 5.41) is 4.83. The van der Waals surface area contributed by atoms with Gasteiger partial charge in [-0.15, -0.1) is 0 Å². The van der Waals surface area contributed by atoms with Gasteiger partial charge in [-0.05, 0) is 42.7 Å². The Hall–Kier alpha value is -1.88. The number of hydrogen-bond donors (Lipinski definition) is 1. The van der Waals surface area contributed by atoms with Crippen LogP contribution in [0.4, 0.5) is 0 Å². The van der Waals surface area contributed by atoms with E-state index in [4.69, 9.17) is 23.2 Å². The van der Waals surface area contributed by atoms with Crippen molar-refractivity contribution in [3.05, 3.63) is 80.3 Å². The Bertz CT molecular complexity index is 963. The van der Waals surface area contributed by atoms with Crippen molar-refractivity contribution >= 4 is 28.8 Å². The van der Waals surface area contributed by atoms with Gasteiger partial charge in [-0.2, -0.15) is 0 Å². The molecule has 2 aromatic heterocycles. The van der Waals surface area contributed by atoms with Crippen molar-refractivity contribution in [2.24, 2.45) is 0 Å². The highest BCUT2D eigenvalue weighted by molar-refractivity contribution is 6.30. The molecule has 0 saturated carbocycles. The van der Waals surface area contributed by atoms with E-state index < -0.39 is 0 Å². The summed E-state index contributed by atoms with van der Waals surface area (Å²) < 4.78 is 1.46. The van der Waals surface area contributed by atoms with E-state index in [2.05, 4.69) is 24.1 Å². The van der Waals surface area contributed by atoms with Crippen LogP contribution in [0.2, 0.25) is 10.0 Å². The second-order valence-electron chi connectivity index (χ2n) is 6.31. The molecule has 0 radical (unpaired) electrons. The molecule has 1 aromatic carbocycles. The number of rotatable bonds is 6. The summed E-state index contributed by atoms with van der Waals surface area (Å²) in [4.78, 5) is 16.9. The van der Waals surface area contributed by atoms with Crippen LogP contribution in [0, 0.1) is 0 Å². The molecule has 0 amide bonds. The van der Waals surface area contributed by atoms with Gasteiger partial charge in [0, 0.05) is 29.4 Å². The Balaban J connectivity index is 1.90. The molecule has 0 fully saturated rings. The van der Waals surface area contributed by atoms with E-state index in [1.165, 1.54) is 9.96 Å². The maximum Gasteiger partial charge on any atom is 0.258 e. The number of nitrogens with one attached hydrogen (secondary N) is 1. The third-order valence-electron chi connectivity index (χ3n) is 4.89. The van der Waals surface area contributed by atoms with Crippen molar-refractivity contribution in [1.29, 1.82) is 0 Å². The fourth-order valence-corrected chi connectivity index (χ4v) is 3.54. The molecule has 0 atom stereocenters. The highest BCUT2D eigenvalue weighted by Gasteiger charge is 2.27. The normalized spacial score (nSPS) is 11.8. The number of aromatic nitrogens is 2. The Morgan fingerprint density at radius 3 is 2.35 bits per heavy atom. The lowest BCUT2D eigenvalue weighted by Gasteiger charge is -2.34. The number of hydrogen-bond acceptors (Lipinski definition) is 3. The van der Waals surface area contributed by atoms with E-state index in [0.717, 1.165) is 17.9 Å². The third kappa shape index (κ3) is 3.78. The van der Waals surface area contributed by atoms with Crippen LogP contribution in [-0.2, 0) is 12.1 Å². The van der Waals surface area contributed by atoms with Gasteiger partial charge in [0.05, 0.1) is 10.7 Å². The van der Waals surface area contributed by atoms with Crippen molar-refractivity contribution in [1.82, 2.24) is 14.7 Å². The molecule has 0 aliphatic rings. The summed E-state index contributed by atoms with van der Waals surface area (Å²) in [6.07, 6.45) is 3.40. The Morgan fingerprint density at radius 1 is 1.04 bits per heavy atom. The molecule has 1 N–H and O–H groups in total. The van der Waals surface area contributed by atoms with E-state index in [9.17, 15) is 4.79 Å². The van der Waals surface area contributed by atoms with Crippen LogP contribution >= 0.6 is 23.2 Å². The number of pyridine rings is 1. The SMILES string of the molecule is CCC(CC)(NCc1cc(=O)n2cc(Cl)ccc2n1)c1ccc(Cl)cc1. The van der Waals surface area contributed by atoms with E-state index in [1.807, 2.05) is 24.3 Å². The summed E-state index contributed by atoms with van der Waals surface area (Å²) in [5.74, 6) is 0. The lowest BCUT2D eigenvalue weighted by molar-refractivity contribution is 0.304. The molecule has 0 bridgehead atoms. The Kier molecular flexibility index (Phi) is 5.66. The molecule has 0 aliphatic heterocycles. The van der Waals surface area contributed by atoms with Crippen LogP contribution < -0.4 is 10.9 Å². The van der Waals surface area contributed by atoms with E-state index >= 15 is 0 Å². The lowest BCUT2D eigenvalue weighted by Crippen LogP contribution is -2.41. The molecule has 0 unspecified atom stereocenters. The molecule has 3 rings (SSSR count). The molecule has 0 saturated heterocycles. The molecule has 3 aromatic rings. The van der Waals surface area contributed by atoms with Gasteiger partial charge in [-0.3, -0.25) is 9.20 Å². The van der Waals surface area contributed by atoms with Gasteiger partial charge >= 0.3 is 0 Å². The molecule has 6 heteroatoms. The fourth-order valence-electron chi connectivity index (χ4n) is 3.26. The van der Waals surface area contributed by atoms with Crippen LogP contribution in [0.15, 0.2) is 53.5 Å². The van der Waals surface area contributed by atoms with Gasteiger partial charge in [0.25, 0.3) is 5.56 Å². The first kappa shape index (κ1) is 18.9. The first-order chi connectivity index (χ1) is 12.5. The van der Waals surface area contributed by atoms with Crippen LogP contribution in [0.1, 0.15) is 37.9 Å². The zero-order valence-electron chi connectivity index (χ0n) is 14.8. The Labute approximate surface area is 162 Å². The predicted molar refractivity (Wildman–Crippen MR) is 107 cm³/mol. The van der Waals surface area contributed by atoms with Crippen LogP contribution in [0.25, 0.3) is 5.65 Å². The van der Waals surface area contributed by atoms with Crippen LogP contribution in [0.5, 0.6) is 0 Å². The average Bonchev–Trinajstić information content (AvgIpc) is 2.65. The van der Waals surface area contributed by atoms with Crippen molar-refractivity contribution in [3.63, 3.8) is 0 Å². The molecule has 2 heterocycles. The van der Waals surface area contributed by atoms with Gasteiger partial charge in [0.1, 0.15) is 5.65 Å². The average molecular weight is 390 g/mol. The molecule has 26 heavy (non-hydrogen) atoms. The number of halogens is 2. The standard InChI is InChI=1S/C20H21Cl2N3O/c1-3-20(4-2,14-5-7-15(21)8-6-14)23-12-17-11-19(26)25-13-16(22)9-10-18(25)24-17/h5-11,13,23H,3-4,12H2,1-2H3. The summed E-state index contributed by atoms with van der Waals surface area (Å²) in [7, 11) is 0. The van der Waals surface area contributed by atoms with E-state index in [0.29, 0.717) is 22.9 Å². The maximum atomic E-state index is 12.3. The minimum atomic E-state index is -0.197. The van der Waals surface area contributed by atoms with Gasteiger partial charge in [0.2, 0.25) is 0 Å². The number of benzene rings is 1. The predicted octanol–water partition coefficient (Wildman–Crippen LogP) is 4.81. The first-order valence-corrected chi connectivity index (χ1v) is 9.42. The summed E-state index contributed by atoms with van der Waals surface area (Å²) in [5.41, 5.74) is 2.13. The van der Waals surface area contributed by atoms with Gasteiger partial charge in [0.15, 0.2) is 0 Å². The summed E-state index contributed by atoms with van der Waals surface area (Å²) >= 11 is 12.0. The molecule has 4 nitrogen and oxygen atoms in total. The third-order valence-corrected chi connectivity index (χ3v) is 5.36. The Morgan fingerprint density at radius 2 is 1.69 bits per heavy atom. The highest BCUT2D eigenvalue weighted by atomic mass is 35.5. The molecule has 0 spiro atoms. The van der Waals surface area contributed by atoms with Crippen molar-refractivity contribution in [2.45, 2.75) is 38.8 Å².